The van der Waals surface area contributed by atoms with Gasteiger partial charge in [0.15, 0.2) is 6.61 Å². The molecule has 1 atom stereocenters. The Morgan fingerprint density at radius 2 is 2.12 bits per heavy atom. The van der Waals surface area contributed by atoms with Crippen LogP contribution in [0.4, 0.5) is 4.39 Å². The lowest BCUT2D eigenvalue weighted by atomic mass is 10.2. The number of esters is 1. The van der Waals surface area contributed by atoms with Gasteiger partial charge in [-0.1, -0.05) is 17.7 Å². The topological polar surface area (TPSA) is 90.4 Å². The van der Waals surface area contributed by atoms with E-state index in [0.29, 0.717) is 5.02 Å². The average Bonchev–Trinajstić information content (AvgIpc) is 2.59. The molecule has 1 aromatic carbocycles. The molecule has 25 heavy (non-hydrogen) atoms. The van der Waals surface area contributed by atoms with Crippen LogP contribution in [-0.4, -0.2) is 35.1 Å². The third kappa shape index (κ3) is 5.27. The summed E-state index contributed by atoms with van der Waals surface area (Å²) in [6.07, 6.45) is 0.980. The van der Waals surface area contributed by atoms with Crippen LogP contribution in [0.5, 0.6) is 0 Å². The molecule has 1 heterocycles. The Balaban J connectivity index is 1.98. The first-order valence-electron chi connectivity index (χ1n) is 7.29. The van der Waals surface area contributed by atoms with Gasteiger partial charge in [0.1, 0.15) is 0 Å². The van der Waals surface area contributed by atoms with Crippen LogP contribution in [0.3, 0.4) is 0 Å². The summed E-state index contributed by atoms with van der Waals surface area (Å²) in [5.74, 6) is -3.04. The van der Waals surface area contributed by atoms with E-state index in [1.54, 1.807) is 12.1 Å². The lowest BCUT2D eigenvalue weighted by Crippen LogP contribution is -2.36. The number of aromatic amines is 1. The lowest BCUT2D eigenvalue weighted by Gasteiger charge is -2.23. The van der Waals surface area contributed by atoms with E-state index in [9.17, 15) is 18.8 Å². The van der Waals surface area contributed by atoms with E-state index in [1.807, 2.05) is 0 Å². The normalized spacial score (nSPS) is 13.2. The fourth-order valence-corrected chi connectivity index (χ4v) is 2.20. The Morgan fingerprint density at radius 1 is 1.36 bits per heavy atom. The van der Waals surface area contributed by atoms with Gasteiger partial charge in [-0.05, 0) is 18.2 Å². The SMILES string of the molecule is COC(F)(CCn1ccc(=O)[nH]c1=O)COC(=O)c1cccc(Cl)c1. The standard InChI is InChI=1S/C16H16ClFN2O5/c1-24-16(18,6-8-20-7-5-13(21)19-15(20)23)10-25-14(22)11-3-2-4-12(17)9-11/h2-5,7,9H,6,8,10H2,1H3,(H,19,21,23). The Morgan fingerprint density at radius 3 is 2.76 bits per heavy atom. The number of methoxy groups -OCH3 is 1. The maximum atomic E-state index is 14.7. The van der Waals surface area contributed by atoms with Crippen LogP contribution in [0.1, 0.15) is 16.8 Å². The molecule has 2 aromatic rings. The van der Waals surface area contributed by atoms with Gasteiger partial charge in [0.05, 0.1) is 5.56 Å². The van der Waals surface area contributed by atoms with Gasteiger partial charge in [-0.2, -0.15) is 0 Å². The number of carbonyl (C=O) groups excluding carboxylic acids is 1. The number of hydrogen-bond donors (Lipinski definition) is 1. The van der Waals surface area contributed by atoms with Crippen molar-refractivity contribution in [1.82, 2.24) is 9.55 Å². The van der Waals surface area contributed by atoms with E-state index in [0.717, 1.165) is 17.7 Å². The smallest absolute Gasteiger partial charge is 0.338 e. The van der Waals surface area contributed by atoms with E-state index >= 15 is 0 Å². The Bertz CT molecular complexity index is 866. The highest BCUT2D eigenvalue weighted by molar-refractivity contribution is 6.30. The fourth-order valence-electron chi connectivity index (χ4n) is 2.01. The maximum absolute atomic E-state index is 14.7. The molecule has 0 aliphatic carbocycles. The van der Waals surface area contributed by atoms with Crippen LogP contribution in [0.2, 0.25) is 5.02 Å². The third-order valence-electron chi connectivity index (χ3n) is 3.47. The minimum absolute atomic E-state index is 0.0747. The van der Waals surface area contributed by atoms with Crippen molar-refractivity contribution in [3.63, 3.8) is 0 Å². The number of aryl methyl sites for hydroxylation is 1. The summed E-state index contributed by atoms with van der Waals surface area (Å²) in [4.78, 5) is 36.6. The van der Waals surface area contributed by atoms with Crippen LogP contribution in [-0.2, 0) is 16.0 Å². The minimum Gasteiger partial charge on any atom is -0.456 e. The molecule has 1 N–H and O–H groups in total. The number of carbonyl (C=O) groups is 1. The molecule has 0 fully saturated rings. The van der Waals surface area contributed by atoms with Gasteiger partial charge in [-0.3, -0.25) is 9.78 Å². The van der Waals surface area contributed by atoms with Crippen molar-refractivity contribution < 1.29 is 18.7 Å². The zero-order valence-electron chi connectivity index (χ0n) is 13.3. The van der Waals surface area contributed by atoms with Crippen LogP contribution < -0.4 is 11.2 Å². The first-order valence-corrected chi connectivity index (χ1v) is 7.67. The summed E-state index contributed by atoms with van der Waals surface area (Å²) >= 11 is 5.79. The van der Waals surface area contributed by atoms with Gasteiger partial charge in [0, 0.05) is 37.4 Å². The van der Waals surface area contributed by atoms with Gasteiger partial charge in [-0.15, -0.1) is 0 Å². The van der Waals surface area contributed by atoms with Crippen LogP contribution in [0, 0.1) is 0 Å². The van der Waals surface area contributed by atoms with Crippen molar-refractivity contribution in [3.8, 4) is 0 Å². The van der Waals surface area contributed by atoms with E-state index in [4.69, 9.17) is 21.1 Å². The maximum Gasteiger partial charge on any atom is 0.338 e. The molecular formula is C16H16ClFN2O5. The molecule has 0 spiro atoms. The summed E-state index contributed by atoms with van der Waals surface area (Å²) in [6, 6.07) is 7.19. The molecule has 2 rings (SSSR count). The highest BCUT2D eigenvalue weighted by atomic mass is 35.5. The van der Waals surface area contributed by atoms with E-state index < -0.39 is 29.7 Å². The summed E-state index contributed by atoms with van der Waals surface area (Å²) in [7, 11) is 1.13. The molecular weight excluding hydrogens is 355 g/mol. The van der Waals surface area contributed by atoms with Crippen molar-refractivity contribution in [2.24, 2.45) is 0 Å². The molecule has 0 bridgehead atoms. The van der Waals surface area contributed by atoms with E-state index in [2.05, 4.69) is 4.98 Å². The number of nitrogens with one attached hydrogen (secondary N) is 1. The van der Waals surface area contributed by atoms with Crippen molar-refractivity contribution in [1.29, 1.82) is 0 Å². The number of ether oxygens (including phenoxy) is 2. The Kier molecular flexibility index (Phi) is 6.11. The zero-order valence-corrected chi connectivity index (χ0v) is 14.1. The summed E-state index contributed by atoms with van der Waals surface area (Å²) in [5, 5.41) is 0.352. The van der Waals surface area contributed by atoms with Crippen molar-refractivity contribution >= 4 is 17.6 Å². The quantitative estimate of drug-likeness (QED) is 0.750. The second-order valence-corrected chi connectivity index (χ2v) is 5.66. The number of aromatic nitrogens is 2. The van der Waals surface area contributed by atoms with Crippen molar-refractivity contribution in [2.45, 2.75) is 18.8 Å². The minimum atomic E-state index is -2.29. The van der Waals surface area contributed by atoms with E-state index in [1.165, 1.54) is 18.3 Å². The van der Waals surface area contributed by atoms with E-state index in [-0.39, 0.29) is 18.5 Å². The fraction of sp³-hybridized carbons (Fsp3) is 0.312. The number of alkyl halides is 1. The molecule has 7 nitrogen and oxygen atoms in total. The molecule has 0 amide bonds. The number of H-pyrrole nitrogens is 1. The van der Waals surface area contributed by atoms with Crippen LogP contribution in [0.25, 0.3) is 0 Å². The van der Waals surface area contributed by atoms with Gasteiger partial charge < -0.3 is 14.0 Å². The number of halogens is 2. The van der Waals surface area contributed by atoms with Gasteiger partial charge >= 0.3 is 11.7 Å². The van der Waals surface area contributed by atoms with Gasteiger partial charge in [0.2, 0.25) is 5.85 Å². The molecule has 0 radical (unpaired) electrons. The van der Waals surface area contributed by atoms with Crippen LogP contribution >= 0.6 is 11.6 Å². The number of rotatable bonds is 7. The molecule has 0 aliphatic heterocycles. The molecule has 9 heteroatoms. The van der Waals surface area contributed by atoms with Crippen LogP contribution in [0.15, 0.2) is 46.1 Å². The molecule has 0 saturated carbocycles. The first-order chi connectivity index (χ1) is 11.8. The first kappa shape index (κ1) is 18.9. The Hall–Kier alpha value is -2.45. The Labute approximate surface area is 147 Å². The number of benzene rings is 1. The molecule has 1 unspecified atom stereocenters. The predicted molar refractivity (Wildman–Crippen MR) is 88.5 cm³/mol. The largest absolute Gasteiger partial charge is 0.456 e. The monoisotopic (exact) mass is 370 g/mol. The number of nitrogens with zero attached hydrogens (tertiary/aromatic N) is 1. The van der Waals surface area contributed by atoms with Gasteiger partial charge in [-0.25, -0.2) is 14.0 Å². The lowest BCUT2D eigenvalue weighted by molar-refractivity contribution is -0.158. The zero-order chi connectivity index (χ0) is 18.4. The molecule has 1 aromatic heterocycles. The highest BCUT2D eigenvalue weighted by Crippen LogP contribution is 2.20. The molecule has 0 aliphatic rings. The number of hydrogen-bond acceptors (Lipinski definition) is 5. The molecule has 0 saturated heterocycles. The second-order valence-electron chi connectivity index (χ2n) is 5.23. The molecule has 134 valence electrons. The highest BCUT2D eigenvalue weighted by Gasteiger charge is 2.31. The second kappa shape index (κ2) is 8.09. The third-order valence-corrected chi connectivity index (χ3v) is 3.70. The average molecular weight is 371 g/mol. The summed E-state index contributed by atoms with van der Waals surface area (Å²) in [5.41, 5.74) is -1.03. The van der Waals surface area contributed by atoms with Crippen molar-refractivity contribution in [3.05, 3.63) is 68.0 Å². The summed E-state index contributed by atoms with van der Waals surface area (Å²) in [6.45, 7) is -0.735. The predicted octanol–water partition coefficient (Wildman–Crippen LogP) is 1.75. The van der Waals surface area contributed by atoms with Crippen molar-refractivity contribution in [2.75, 3.05) is 13.7 Å². The summed E-state index contributed by atoms with van der Waals surface area (Å²) < 4.78 is 25.5. The van der Waals surface area contributed by atoms with Gasteiger partial charge in [0.25, 0.3) is 5.56 Å².